The quantitative estimate of drug-likeness (QED) is 0.710. The highest BCUT2D eigenvalue weighted by Gasteiger charge is 2.23. The molecule has 2 atom stereocenters. The molecule has 5 heteroatoms. The molecule has 0 unspecified atom stereocenters. The second-order valence-electron chi connectivity index (χ2n) is 7.47. The molecule has 5 nitrogen and oxygen atoms in total. The zero-order valence-electron chi connectivity index (χ0n) is 16.7. The summed E-state index contributed by atoms with van der Waals surface area (Å²) in [5.41, 5.74) is 3.40. The van der Waals surface area contributed by atoms with Gasteiger partial charge in [-0.3, -0.25) is 4.79 Å². The maximum atomic E-state index is 12.7. The van der Waals surface area contributed by atoms with Crippen molar-refractivity contribution in [3.8, 4) is 11.1 Å². The number of hydrogen-bond acceptors (Lipinski definition) is 4. The fourth-order valence-electron chi connectivity index (χ4n) is 3.69. The summed E-state index contributed by atoms with van der Waals surface area (Å²) in [6.07, 6.45) is 2.06. The molecule has 0 saturated carbocycles. The van der Waals surface area contributed by atoms with Crippen LogP contribution >= 0.6 is 0 Å². The summed E-state index contributed by atoms with van der Waals surface area (Å²) < 4.78 is 5.78. The lowest BCUT2D eigenvalue weighted by atomic mass is 10.0. The van der Waals surface area contributed by atoms with Crippen molar-refractivity contribution in [2.45, 2.75) is 26.1 Å². The van der Waals surface area contributed by atoms with Crippen molar-refractivity contribution >= 4 is 17.4 Å². The molecule has 0 spiro atoms. The van der Waals surface area contributed by atoms with Gasteiger partial charge < -0.3 is 15.0 Å². The maximum Gasteiger partial charge on any atom is 0.255 e. The first-order valence-electron chi connectivity index (χ1n) is 9.92. The zero-order chi connectivity index (χ0) is 20.2. The number of ether oxygens (including phenoxy) is 1. The van der Waals surface area contributed by atoms with Crippen LogP contribution in [0.15, 0.2) is 72.9 Å². The van der Waals surface area contributed by atoms with Crippen LogP contribution < -0.4 is 10.2 Å². The predicted octanol–water partition coefficient (Wildman–Crippen LogP) is 4.61. The molecule has 1 fully saturated rings. The van der Waals surface area contributed by atoms with Crippen molar-refractivity contribution in [1.29, 1.82) is 0 Å². The Kier molecular flexibility index (Phi) is 5.58. The van der Waals surface area contributed by atoms with Crippen molar-refractivity contribution in [2.24, 2.45) is 0 Å². The molecule has 3 aromatic rings. The van der Waals surface area contributed by atoms with E-state index >= 15 is 0 Å². The summed E-state index contributed by atoms with van der Waals surface area (Å²) in [6, 6.07) is 21.5. The topological polar surface area (TPSA) is 54.5 Å². The lowest BCUT2D eigenvalue weighted by Gasteiger charge is -2.36. The van der Waals surface area contributed by atoms with Crippen molar-refractivity contribution < 1.29 is 9.53 Å². The van der Waals surface area contributed by atoms with E-state index in [1.165, 1.54) is 0 Å². The number of carbonyl (C=O) groups excluding carboxylic acids is 1. The SMILES string of the molecule is C[C@@H]1CN(c2ccc(NC(=O)c3cccc(-c4ccccc4)c3)cn2)C[C@H](C)O1. The van der Waals surface area contributed by atoms with Crippen molar-refractivity contribution in [2.75, 3.05) is 23.3 Å². The molecular weight excluding hydrogens is 362 g/mol. The molecular formula is C24H25N3O2. The van der Waals surface area contributed by atoms with Gasteiger partial charge in [-0.1, -0.05) is 42.5 Å². The van der Waals surface area contributed by atoms with E-state index in [1.807, 2.05) is 66.7 Å². The van der Waals surface area contributed by atoms with Gasteiger partial charge in [-0.25, -0.2) is 4.98 Å². The molecule has 0 aliphatic carbocycles. The summed E-state index contributed by atoms with van der Waals surface area (Å²) in [6.45, 7) is 5.77. The number of aromatic nitrogens is 1. The third-order valence-corrected chi connectivity index (χ3v) is 4.98. The summed E-state index contributed by atoms with van der Waals surface area (Å²) in [5.74, 6) is 0.752. The van der Waals surface area contributed by atoms with Gasteiger partial charge >= 0.3 is 0 Å². The van der Waals surface area contributed by atoms with E-state index in [0.29, 0.717) is 11.3 Å². The highest BCUT2D eigenvalue weighted by Crippen LogP contribution is 2.22. The van der Waals surface area contributed by atoms with Crippen LogP contribution in [-0.4, -0.2) is 36.2 Å². The maximum absolute atomic E-state index is 12.7. The van der Waals surface area contributed by atoms with Gasteiger partial charge in [0.05, 0.1) is 24.1 Å². The van der Waals surface area contributed by atoms with Crippen LogP contribution in [-0.2, 0) is 4.74 Å². The summed E-state index contributed by atoms with van der Waals surface area (Å²) >= 11 is 0. The van der Waals surface area contributed by atoms with Crippen molar-refractivity contribution in [1.82, 2.24) is 4.98 Å². The Labute approximate surface area is 171 Å². The number of nitrogens with zero attached hydrogens (tertiary/aromatic N) is 2. The Hall–Kier alpha value is -3.18. The third-order valence-electron chi connectivity index (χ3n) is 4.98. The molecule has 0 bridgehead atoms. The molecule has 1 aromatic heterocycles. The largest absolute Gasteiger partial charge is 0.372 e. The van der Waals surface area contributed by atoms with Crippen LogP contribution in [0.25, 0.3) is 11.1 Å². The first-order chi connectivity index (χ1) is 14.1. The summed E-state index contributed by atoms with van der Waals surface area (Å²) in [5, 5.41) is 2.94. The van der Waals surface area contributed by atoms with Crippen molar-refractivity contribution in [3.05, 3.63) is 78.5 Å². The monoisotopic (exact) mass is 387 g/mol. The molecule has 2 heterocycles. The third kappa shape index (κ3) is 4.63. The number of benzene rings is 2. The van der Waals surface area contributed by atoms with Crippen molar-refractivity contribution in [3.63, 3.8) is 0 Å². The van der Waals surface area contributed by atoms with Gasteiger partial charge in [0.1, 0.15) is 5.82 Å². The smallest absolute Gasteiger partial charge is 0.255 e. The zero-order valence-corrected chi connectivity index (χ0v) is 16.7. The van der Waals surface area contributed by atoms with Gasteiger partial charge in [-0.05, 0) is 49.2 Å². The van der Waals surface area contributed by atoms with Gasteiger partial charge in [0, 0.05) is 18.7 Å². The average Bonchev–Trinajstić information content (AvgIpc) is 2.74. The number of carbonyl (C=O) groups is 1. The minimum Gasteiger partial charge on any atom is -0.372 e. The molecule has 1 aliphatic heterocycles. The number of pyridine rings is 1. The van der Waals surface area contributed by atoms with E-state index in [4.69, 9.17) is 4.74 Å². The van der Waals surface area contributed by atoms with E-state index in [2.05, 4.69) is 29.0 Å². The number of rotatable bonds is 4. The van der Waals surface area contributed by atoms with E-state index in [9.17, 15) is 4.79 Å². The van der Waals surface area contributed by atoms with Crippen LogP contribution in [0.4, 0.5) is 11.5 Å². The lowest BCUT2D eigenvalue weighted by Crippen LogP contribution is -2.45. The summed E-state index contributed by atoms with van der Waals surface area (Å²) in [4.78, 5) is 19.5. The van der Waals surface area contributed by atoms with Crippen LogP contribution in [0, 0.1) is 0 Å². The Morgan fingerprint density at radius 1 is 0.966 bits per heavy atom. The highest BCUT2D eigenvalue weighted by atomic mass is 16.5. The molecule has 0 radical (unpaired) electrons. The molecule has 148 valence electrons. The van der Waals surface area contributed by atoms with E-state index in [0.717, 1.165) is 30.0 Å². The minimum atomic E-state index is -0.147. The molecule has 4 rings (SSSR count). The molecule has 1 amide bonds. The average molecular weight is 387 g/mol. The van der Waals surface area contributed by atoms with Gasteiger partial charge in [0.25, 0.3) is 5.91 Å². The second kappa shape index (κ2) is 8.45. The van der Waals surface area contributed by atoms with Gasteiger partial charge in [0.15, 0.2) is 0 Å². The predicted molar refractivity (Wildman–Crippen MR) is 116 cm³/mol. The Morgan fingerprint density at radius 2 is 1.69 bits per heavy atom. The van der Waals surface area contributed by atoms with Crippen LogP contribution in [0.2, 0.25) is 0 Å². The highest BCUT2D eigenvalue weighted by molar-refractivity contribution is 6.04. The molecule has 2 aromatic carbocycles. The number of amides is 1. The minimum absolute atomic E-state index is 0.147. The Bertz CT molecular complexity index is 963. The molecule has 1 aliphatic rings. The number of nitrogens with one attached hydrogen (secondary N) is 1. The van der Waals surface area contributed by atoms with E-state index < -0.39 is 0 Å². The Balaban J connectivity index is 1.45. The van der Waals surface area contributed by atoms with Crippen LogP contribution in [0.3, 0.4) is 0 Å². The first kappa shape index (κ1) is 19.2. The number of morpholine rings is 1. The molecule has 29 heavy (non-hydrogen) atoms. The lowest BCUT2D eigenvalue weighted by molar-refractivity contribution is -0.00545. The number of hydrogen-bond donors (Lipinski definition) is 1. The number of anilines is 2. The Morgan fingerprint density at radius 3 is 2.38 bits per heavy atom. The van der Waals surface area contributed by atoms with Crippen LogP contribution in [0.1, 0.15) is 24.2 Å². The van der Waals surface area contributed by atoms with Gasteiger partial charge in [0.2, 0.25) is 0 Å². The van der Waals surface area contributed by atoms with Gasteiger partial charge in [-0.15, -0.1) is 0 Å². The standard InChI is InChI=1S/C24H25N3O2/c1-17-15-27(16-18(2)29-17)23-12-11-22(14-25-23)26-24(28)21-10-6-9-20(13-21)19-7-4-3-5-8-19/h3-14,17-18H,15-16H2,1-2H3,(H,26,28)/t17-,18+. The fourth-order valence-corrected chi connectivity index (χ4v) is 3.69. The second-order valence-corrected chi connectivity index (χ2v) is 7.47. The summed E-state index contributed by atoms with van der Waals surface area (Å²) in [7, 11) is 0. The molecule has 1 saturated heterocycles. The van der Waals surface area contributed by atoms with Crippen LogP contribution in [0.5, 0.6) is 0 Å². The van der Waals surface area contributed by atoms with Gasteiger partial charge in [-0.2, -0.15) is 0 Å². The normalized spacial score (nSPS) is 19.0. The van der Waals surface area contributed by atoms with E-state index in [1.54, 1.807) is 6.20 Å². The molecule has 1 N–H and O–H groups in total. The fraction of sp³-hybridized carbons (Fsp3) is 0.250. The first-order valence-corrected chi connectivity index (χ1v) is 9.92. The van der Waals surface area contributed by atoms with E-state index in [-0.39, 0.29) is 18.1 Å².